The summed E-state index contributed by atoms with van der Waals surface area (Å²) in [7, 11) is 0. The topological polar surface area (TPSA) is 50.4 Å². The molecule has 30 heavy (non-hydrogen) atoms. The van der Waals surface area contributed by atoms with Crippen molar-refractivity contribution in [2.24, 2.45) is 5.41 Å². The minimum atomic E-state index is 0.188. The fourth-order valence-corrected chi connectivity index (χ4v) is 6.39. The van der Waals surface area contributed by atoms with Gasteiger partial charge in [0.15, 0.2) is 0 Å². The van der Waals surface area contributed by atoms with E-state index in [0.717, 1.165) is 25.3 Å². The average molecular weight is 527 g/mol. The molecule has 3 rings (SSSR count). The molecule has 0 bridgehead atoms. The van der Waals surface area contributed by atoms with E-state index in [9.17, 15) is 4.79 Å². The van der Waals surface area contributed by atoms with Crippen LogP contribution in [0.2, 0.25) is 0 Å². The molecule has 2 unspecified atom stereocenters. The Morgan fingerprint density at radius 3 is 2.57 bits per heavy atom. The van der Waals surface area contributed by atoms with Crippen molar-refractivity contribution in [3.8, 4) is 5.75 Å². The van der Waals surface area contributed by atoms with Crippen LogP contribution in [0.3, 0.4) is 0 Å². The largest absolute Gasteiger partial charge is 0.494 e. The number of benzene rings is 1. The highest BCUT2D eigenvalue weighted by Gasteiger charge is 2.44. The number of piperidine rings is 1. The maximum Gasteiger partial charge on any atom is 0.220 e. The first-order valence-electron chi connectivity index (χ1n) is 11.9. The van der Waals surface area contributed by atoms with Gasteiger partial charge < -0.3 is 15.4 Å². The van der Waals surface area contributed by atoms with Crippen LogP contribution < -0.4 is 15.4 Å². The zero-order valence-corrected chi connectivity index (χ0v) is 20.7. The minimum absolute atomic E-state index is 0.188. The second-order valence-corrected chi connectivity index (χ2v) is 10.9. The van der Waals surface area contributed by atoms with Gasteiger partial charge in [-0.3, -0.25) is 4.79 Å². The fourth-order valence-electron chi connectivity index (χ4n) is 5.14. The Morgan fingerprint density at radius 1 is 1.17 bits per heavy atom. The lowest BCUT2D eigenvalue weighted by Crippen LogP contribution is -2.62. The van der Waals surface area contributed by atoms with Crippen molar-refractivity contribution in [1.82, 2.24) is 10.6 Å². The van der Waals surface area contributed by atoms with Gasteiger partial charge >= 0.3 is 0 Å². The Balaban J connectivity index is 1.52. The Labute approximate surface area is 196 Å². The second kappa shape index (κ2) is 12.3. The summed E-state index contributed by atoms with van der Waals surface area (Å²) >= 11 is 2.56. The predicted octanol–water partition coefficient (Wildman–Crippen LogP) is 5.56. The molecule has 2 aliphatic rings. The Morgan fingerprint density at radius 2 is 1.87 bits per heavy atom. The van der Waals surface area contributed by atoms with Crippen molar-refractivity contribution in [1.29, 1.82) is 0 Å². The molecular formula is C25H39IN2O2. The molecule has 1 spiro atoms. The number of carbonyl (C=O) groups is 1. The Hall–Kier alpha value is -0.820. The quantitative estimate of drug-likeness (QED) is 0.290. The van der Waals surface area contributed by atoms with E-state index in [2.05, 4.69) is 46.2 Å². The van der Waals surface area contributed by atoms with E-state index in [-0.39, 0.29) is 17.4 Å². The lowest BCUT2D eigenvalue weighted by Gasteiger charge is -2.48. The summed E-state index contributed by atoms with van der Waals surface area (Å²) in [5, 5.41) is 7.16. The molecule has 2 atom stereocenters. The van der Waals surface area contributed by atoms with Crippen LogP contribution in [0, 0.1) is 12.3 Å². The van der Waals surface area contributed by atoms with Gasteiger partial charge in [0.1, 0.15) is 5.75 Å². The molecule has 2 N–H and O–H groups in total. The van der Waals surface area contributed by atoms with E-state index in [1.54, 1.807) is 0 Å². The second-order valence-electron chi connectivity index (χ2n) is 9.30. The highest BCUT2D eigenvalue weighted by Crippen LogP contribution is 2.41. The molecule has 1 amide bonds. The lowest BCUT2D eigenvalue weighted by molar-refractivity contribution is -0.123. The van der Waals surface area contributed by atoms with E-state index < -0.39 is 0 Å². The van der Waals surface area contributed by atoms with E-state index in [4.69, 9.17) is 4.74 Å². The normalized spacial score (nSPS) is 24.9. The number of rotatable bonds is 6. The van der Waals surface area contributed by atoms with E-state index in [0.29, 0.717) is 17.0 Å². The van der Waals surface area contributed by atoms with E-state index >= 15 is 0 Å². The highest BCUT2D eigenvalue weighted by atomic mass is 127. The van der Waals surface area contributed by atoms with Crippen LogP contribution in [0.15, 0.2) is 24.3 Å². The smallest absolute Gasteiger partial charge is 0.220 e. The van der Waals surface area contributed by atoms with Crippen molar-refractivity contribution in [3.63, 3.8) is 0 Å². The number of ether oxygens (including phenoxy) is 1. The number of halogens is 1. The van der Waals surface area contributed by atoms with Crippen molar-refractivity contribution in [2.45, 2.75) is 87.5 Å². The summed E-state index contributed by atoms with van der Waals surface area (Å²) in [5.41, 5.74) is 1.41. The standard InChI is InChI=1S/C25H39IN2O2/c1-20-11-9-12-21(17-20)30-16-10-13-23(29)28-24-22(26)18-27-19-25(24)14-7-5-3-2-4-6-8-15-25/h9,11-12,17,22,24,27H,2-8,10,13-16,18-19H2,1H3,(H,28,29). The molecule has 2 fully saturated rings. The van der Waals surface area contributed by atoms with Crippen LogP contribution in [0.5, 0.6) is 5.75 Å². The Kier molecular flexibility index (Phi) is 9.75. The van der Waals surface area contributed by atoms with Crippen molar-refractivity contribution in [3.05, 3.63) is 29.8 Å². The van der Waals surface area contributed by atoms with Crippen molar-refractivity contribution >= 4 is 28.5 Å². The van der Waals surface area contributed by atoms with E-state index in [1.165, 1.54) is 63.4 Å². The van der Waals surface area contributed by atoms with Crippen LogP contribution in [0.25, 0.3) is 0 Å². The molecule has 5 heteroatoms. The first kappa shape index (κ1) is 23.8. The van der Waals surface area contributed by atoms with Crippen LogP contribution in [0.4, 0.5) is 0 Å². The molecule has 1 saturated heterocycles. The molecule has 1 aromatic carbocycles. The van der Waals surface area contributed by atoms with Crippen LogP contribution >= 0.6 is 22.6 Å². The number of nitrogens with one attached hydrogen (secondary N) is 2. The van der Waals surface area contributed by atoms with Gasteiger partial charge in [-0.05, 0) is 43.9 Å². The van der Waals surface area contributed by atoms with Gasteiger partial charge in [-0.1, -0.05) is 79.7 Å². The summed E-state index contributed by atoms with van der Waals surface area (Å²) in [6.07, 6.45) is 13.2. The van der Waals surface area contributed by atoms with Crippen molar-refractivity contribution in [2.75, 3.05) is 19.7 Å². The molecule has 1 aromatic rings. The summed E-state index contributed by atoms with van der Waals surface area (Å²) in [6, 6.07) is 8.37. The summed E-state index contributed by atoms with van der Waals surface area (Å²) < 4.78 is 6.27. The van der Waals surface area contributed by atoms with Gasteiger partial charge in [0, 0.05) is 34.9 Å². The lowest BCUT2D eigenvalue weighted by atomic mass is 9.68. The van der Waals surface area contributed by atoms with E-state index in [1.807, 2.05) is 18.2 Å². The average Bonchev–Trinajstić information content (AvgIpc) is 2.73. The van der Waals surface area contributed by atoms with Gasteiger partial charge in [0.25, 0.3) is 0 Å². The first-order valence-corrected chi connectivity index (χ1v) is 13.2. The molecular weight excluding hydrogens is 487 g/mol. The molecule has 0 aromatic heterocycles. The first-order chi connectivity index (χ1) is 14.6. The number of amides is 1. The fraction of sp³-hybridized carbons (Fsp3) is 0.720. The maximum absolute atomic E-state index is 12.8. The molecule has 1 aliphatic carbocycles. The van der Waals surface area contributed by atoms with Crippen LogP contribution in [-0.4, -0.2) is 35.6 Å². The number of aryl methyl sites for hydroxylation is 1. The summed E-state index contributed by atoms with van der Waals surface area (Å²) in [5.74, 6) is 1.08. The number of carbonyl (C=O) groups excluding carboxylic acids is 1. The molecule has 1 aliphatic heterocycles. The van der Waals surface area contributed by atoms with Gasteiger partial charge in [0.2, 0.25) is 5.91 Å². The SMILES string of the molecule is Cc1cccc(OCCCC(=O)NC2C(I)CNCC23CCCCCCCCC3)c1. The number of hydrogen-bond acceptors (Lipinski definition) is 3. The Bertz CT molecular complexity index is 656. The maximum atomic E-state index is 12.8. The number of hydrogen-bond donors (Lipinski definition) is 2. The third-order valence-electron chi connectivity index (χ3n) is 6.81. The molecule has 1 heterocycles. The highest BCUT2D eigenvalue weighted by molar-refractivity contribution is 14.1. The zero-order valence-electron chi connectivity index (χ0n) is 18.6. The molecule has 168 valence electrons. The monoisotopic (exact) mass is 526 g/mol. The third kappa shape index (κ3) is 7.11. The molecule has 4 nitrogen and oxygen atoms in total. The molecule has 1 saturated carbocycles. The van der Waals surface area contributed by atoms with Crippen LogP contribution in [-0.2, 0) is 4.79 Å². The summed E-state index contributed by atoms with van der Waals surface area (Å²) in [6.45, 7) is 4.69. The number of alkyl halides is 1. The predicted molar refractivity (Wildman–Crippen MR) is 133 cm³/mol. The van der Waals surface area contributed by atoms with Gasteiger partial charge in [-0.15, -0.1) is 0 Å². The summed E-state index contributed by atoms with van der Waals surface area (Å²) in [4.78, 5) is 12.8. The molecule has 0 radical (unpaired) electrons. The van der Waals surface area contributed by atoms with Gasteiger partial charge in [-0.25, -0.2) is 0 Å². The third-order valence-corrected chi connectivity index (χ3v) is 7.97. The minimum Gasteiger partial charge on any atom is -0.494 e. The van der Waals surface area contributed by atoms with Gasteiger partial charge in [0.05, 0.1) is 6.61 Å². The zero-order chi connectivity index (χ0) is 21.2. The van der Waals surface area contributed by atoms with Crippen molar-refractivity contribution < 1.29 is 9.53 Å². The van der Waals surface area contributed by atoms with Gasteiger partial charge in [-0.2, -0.15) is 0 Å². The van der Waals surface area contributed by atoms with Crippen LogP contribution in [0.1, 0.15) is 76.2 Å².